The van der Waals surface area contributed by atoms with Gasteiger partial charge in [-0.2, -0.15) is 0 Å². The SMILES string of the molecule is CCCCCCCCCCCCCCCC(O)(CC)[Si](c1ccccc1)(c1ccccc1)c1ccccc1. The molecule has 0 aliphatic carbocycles. The van der Waals surface area contributed by atoms with Gasteiger partial charge in [0.15, 0.2) is 8.07 Å². The topological polar surface area (TPSA) is 20.2 Å². The normalized spacial score (nSPS) is 13.3. The summed E-state index contributed by atoms with van der Waals surface area (Å²) in [5.74, 6) is 0. The molecule has 0 bridgehead atoms. The van der Waals surface area contributed by atoms with Crippen LogP contribution in [0.1, 0.15) is 110 Å². The van der Waals surface area contributed by atoms with Crippen LogP contribution < -0.4 is 15.6 Å². The molecule has 3 rings (SSSR count). The molecule has 0 aliphatic rings. The van der Waals surface area contributed by atoms with Crippen molar-refractivity contribution in [3.05, 3.63) is 91.0 Å². The minimum Gasteiger partial charge on any atom is -0.392 e. The summed E-state index contributed by atoms with van der Waals surface area (Å²) in [6, 6.07) is 32.7. The molecule has 38 heavy (non-hydrogen) atoms. The third-order valence-corrected chi connectivity index (χ3v) is 14.2. The zero-order chi connectivity index (χ0) is 26.9. The van der Waals surface area contributed by atoms with Gasteiger partial charge in [-0.05, 0) is 28.4 Å². The van der Waals surface area contributed by atoms with Gasteiger partial charge in [0.2, 0.25) is 0 Å². The Hall–Kier alpha value is -2.16. The molecule has 0 heterocycles. The molecular weight excluding hydrogens is 476 g/mol. The van der Waals surface area contributed by atoms with E-state index in [1.165, 1.54) is 92.6 Å². The fourth-order valence-corrected chi connectivity index (χ4v) is 12.2. The predicted molar refractivity (Wildman–Crippen MR) is 170 cm³/mol. The Morgan fingerprint density at radius 1 is 0.474 bits per heavy atom. The molecule has 1 atom stereocenters. The first kappa shape index (κ1) is 30.4. The summed E-state index contributed by atoms with van der Waals surface area (Å²) in [6.07, 6.45) is 19.1. The summed E-state index contributed by atoms with van der Waals surface area (Å²) in [5, 5.41) is 15.9. The predicted octanol–water partition coefficient (Wildman–Crippen LogP) is 8.32. The summed E-state index contributed by atoms with van der Waals surface area (Å²) in [7, 11) is -2.72. The van der Waals surface area contributed by atoms with Crippen LogP contribution >= 0.6 is 0 Å². The number of rotatable bonds is 19. The van der Waals surface area contributed by atoms with Gasteiger partial charge in [0.25, 0.3) is 0 Å². The average molecular weight is 529 g/mol. The van der Waals surface area contributed by atoms with Crippen molar-refractivity contribution in [3.63, 3.8) is 0 Å². The van der Waals surface area contributed by atoms with E-state index >= 15 is 0 Å². The van der Waals surface area contributed by atoms with Crippen LogP contribution in [-0.4, -0.2) is 18.4 Å². The van der Waals surface area contributed by atoms with E-state index in [9.17, 15) is 5.11 Å². The second-order valence-corrected chi connectivity index (χ2v) is 15.4. The highest BCUT2D eigenvalue weighted by Crippen LogP contribution is 2.31. The van der Waals surface area contributed by atoms with E-state index in [-0.39, 0.29) is 0 Å². The van der Waals surface area contributed by atoms with Crippen molar-refractivity contribution in [2.75, 3.05) is 0 Å². The van der Waals surface area contributed by atoms with Crippen LogP contribution in [0.2, 0.25) is 0 Å². The Labute approximate surface area is 234 Å². The Kier molecular flexibility index (Phi) is 13.4. The number of unbranched alkanes of at least 4 members (excludes halogenated alkanes) is 12. The fraction of sp³-hybridized carbons (Fsp3) is 0.500. The van der Waals surface area contributed by atoms with Gasteiger partial charge in [0, 0.05) is 0 Å². The van der Waals surface area contributed by atoms with Gasteiger partial charge in [-0.1, -0.05) is 188 Å². The Morgan fingerprint density at radius 3 is 1.11 bits per heavy atom. The molecule has 2 heteroatoms. The first-order valence-corrected chi connectivity index (χ1v) is 17.6. The van der Waals surface area contributed by atoms with Crippen molar-refractivity contribution in [1.29, 1.82) is 0 Å². The monoisotopic (exact) mass is 528 g/mol. The van der Waals surface area contributed by atoms with Gasteiger partial charge in [-0.3, -0.25) is 0 Å². The molecular formula is C36H52OSi. The fourth-order valence-electron chi connectivity index (χ4n) is 6.44. The number of aliphatic hydroxyl groups is 1. The van der Waals surface area contributed by atoms with Gasteiger partial charge in [-0.15, -0.1) is 0 Å². The van der Waals surface area contributed by atoms with E-state index in [1.54, 1.807) is 0 Å². The first-order valence-electron chi connectivity index (χ1n) is 15.6. The van der Waals surface area contributed by atoms with Crippen molar-refractivity contribution in [1.82, 2.24) is 0 Å². The summed E-state index contributed by atoms with van der Waals surface area (Å²) in [5.41, 5.74) is 0. The third-order valence-electron chi connectivity index (χ3n) is 8.60. The quantitative estimate of drug-likeness (QED) is 0.0942. The molecule has 0 spiro atoms. The van der Waals surface area contributed by atoms with Crippen LogP contribution in [0.4, 0.5) is 0 Å². The van der Waals surface area contributed by atoms with E-state index in [1.807, 2.05) is 0 Å². The molecule has 0 radical (unpaired) electrons. The molecule has 1 nitrogen and oxygen atoms in total. The molecule has 0 aliphatic heterocycles. The maximum absolute atomic E-state index is 12.7. The maximum Gasteiger partial charge on any atom is 0.182 e. The lowest BCUT2D eigenvalue weighted by Gasteiger charge is -2.47. The molecule has 0 amide bonds. The van der Waals surface area contributed by atoms with Gasteiger partial charge >= 0.3 is 0 Å². The van der Waals surface area contributed by atoms with Gasteiger partial charge < -0.3 is 5.11 Å². The largest absolute Gasteiger partial charge is 0.392 e. The van der Waals surface area contributed by atoms with Gasteiger partial charge in [0.05, 0.1) is 5.22 Å². The standard InChI is InChI=1S/C36H52OSi/c1-3-5-6-7-8-9-10-11-12-13-14-15-25-32-36(37,4-2)38(33-26-19-16-20-27-33,34-28-21-17-22-29-34)35-30-23-18-24-31-35/h16-24,26-31,37H,3-15,25,32H2,1-2H3. The maximum atomic E-state index is 12.7. The summed E-state index contributed by atoms with van der Waals surface area (Å²) >= 11 is 0. The molecule has 206 valence electrons. The van der Waals surface area contributed by atoms with E-state index in [0.717, 1.165) is 19.3 Å². The summed E-state index contributed by atoms with van der Waals surface area (Å²) in [6.45, 7) is 4.48. The average Bonchev–Trinajstić information content (AvgIpc) is 2.97. The molecule has 0 fully saturated rings. The lowest BCUT2D eigenvalue weighted by Crippen LogP contribution is -2.79. The minimum absolute atomic E-state index is 0.755. The zero-order valence-electron chi connectivity index (χ0n) is 24.2. The highest BCUT2D eigenvalue weighted by Gasteiger charge is 2.54. The summed E-state index contributed by atoms with van der Waals surface area (Å²) in [4.78, 5) is 0. The second kappa shape index (κ2) is 16.7. The van der Waals surface area contributed by atoms with Crippen LogP contribution in [0.5, 0.6) is 0 Å². The zero-order valence-corrected chi connectivity index (χ0v) is 25.2. The first-order chi connectivity index (χ1) is 18.7. The van der Waals surface area contributed by atoms with Crippen LogP contribution in [-0.2, 0) is 0 Å². The Bertz CT molecular complexity index is 891. The molecule has 1 unspecified atom stereocenters. The molecule has 3 aromatic carbocycles. The molecule has 1 N–H and O–H groups in total. The third kappa shape index (κ3) is 7.93. The smallest absolute Gasteiger partial charge is 0.182 e. The Balaban J connectivity index is 1.66. The van der Waals surface area contributed by atoms with E-state index in [0.29, 0.717) is 0 Å². The van der Waals surface area contributed by atoms with Crippen LogP contribution in [0.25, 0.3) is 0 Å². The van der Waals surface area contributed by atoms with E-state index in [4.69, 9.17) is 0 Å². The van der Waals surface area contributed by atoms with E-state index < -0.39 is 13.3 Å². The Morgan fingerprint density at radius 2 is 0.789 bits per heavy atom. The minimum atomic E-state index is -2.72. The highest BCUT2D eigenvalue weighted by atomic mass is 28.3. The molecule has 0 aromatic heterocycles. The van der Waals surface area contributed by atoms with Crippen molar-refractivity contribution in [2.45, 2.75) is 115 Å². The van der Waals surface area contributed by atoms with Crippen molar-refractivity contribution >= 4 is 23.6 Å². The molecule has 3 aromatic rings. The lowest BCUT2D eigenvalue weighted by molar-refractivity contribution is 0.102. The lowest BCUT2D eigenvalue weighted by atomic mass is 10.0. The molecule has 0 saturated carbocycles. The van der Waals surface area contributed by atoms with Crippen LogP contribution in [0, 0.1) is 0 Å². The van der Waals surface area contributed by atoms with Gasteiger partial charge in [-0.25, -0.2) is 0 Å². The van der Waals surface area contributed by atoms with Crippen molar-refractivity contribution < 1.29 is 5.11 Å². The van der Waals surface area contributed by atoms with Crippen molar-refractivity contribution in [3.8, 4) is 0 Å². The number of hydrogen-bond donors (Lipinski definition) is 1. The van der Waals surface area contributed by atoms with Crippen molar-refractivity contribution in [2.24, 2.45) is 0 Å². The summed E-state index contributed by atoms with van der Waals surface area (Å²) < 4.78 is 0. The highest BCUT2D eigenvalue weighted by molar-refractivity contribution is 7.13. The van der Waals surface area contributed by atoms with Crippen LogP contribution in [0.3, 0.4) is 0 Å². The number of hydrogen-bond acceptors (Lipinski definition) is 1. The second-order valence-electron chi connectivity index (χ2n) is 11.2. The number of benzene rings is 3. The van der Waals surface area contributed by atoms with Crippen LogP contribution in [0.15, 0.2) is 91.0 Å². The van der Waals surface area contributed by atoms with E-state index in [2.05, 4.69) is 105 Å². The molecule has 0 saturated heterocycles. The van der Waals surface area contributed by atoms with Gasteiger partial charge in [0.1, 0.15) is 0 Å².